The van der Waals surface area contributed by atoms with Crippen LogP contribution in [0, 0.1) is 0 Å². The predicted octanol–water partition coefficient (Wildman–Crippen LogP) is 2.46. The van der Waals surface area contributed by atoms with Gasteiger partial charge < -0.3 is 4.74 Å². The lowest BCUT2D eigenvalue weighted by Crippen LogP contribution is -2.17. The van der Waals surface area contributed by atoms with E-state index in [1.54, 1.807) is 0 Å². The number of rotatable bonds is 4. The van der Waals surface area contributed by atoms with E-state index in [0.717, 1.165) is 5.56 Å². The lowest BCUT2D eigenvalue weighted by Gasteiger charge is -2.08. The van der Waals surface area contributed by atoms with E-state index in [2.05, 4.69) is 9.73 Å². The first kappa shape index (κ1) is 12.3. The van der Waals surface area contributed by atoms with E-state index in [1.807, 2.05) is 0 Å². The number of hydrogen-bond donors (Lipinski definition) is 0. The van der Waals surface area contributed by atoms with Crippen LogP contribution in [0.1, 0.15) is 5.56 Å². The Bertz CT molecular complexity index is 380. The Morgan fingerprint density at radius 2 is 1.88 bits per heavy atom. The minimum atomic E-state index is -4.68. The highest BCUT2D eigenvalue weighted by atomic mass is 19.4. The summed E-state index contributed by atoms with van der Waals surface area (Å²) in [6.07, 6.45) is -2.82. The van der Waals surface area contributed by atoms with Crippen LogP contribution in [0.4, 0.5) is 13.2 Å². The zero-order valence-corrected chi connectivity index (χ0v) is 8.12. The lowest BCUT2D eigenvalue weighted by atomic mass is 10.1. The van der Waals surface area contributed by atoms with E-state index >= 15 is 0 Å². The Morgan fingerprint density at radius 1 is 1.25 bits per heavy atom. The Labute approximate surface area is 89.6 Å². The third kappa shape index (κ3) is 4.61. The van der Waals surface area contributed by atoms with Crippen molar-refractivity contribution in [2.24, 2.45) is 4.99 Å². The summed E-state index contributed by atoms with van der Waals surface area (Å²) in [5.74, 6) is -0.268. The fourth-order valence-corrected chi connectivity index (χ4v) is 1.09. The highest BCUT2D eigenvalue weighted by Gasteiger charge is 2.30. The Balaban J connectivity index is 2.57. The maximum Gasteiger partial charge on any atom is 0.573 e. The molecule has 0 aliphatic rings. The number of ether oxygens (including phenoxy) is 1. The molecule has 0 bridgehead atoms. The molecule has 16 heavy (non-hydrogen) atoms. The first-order valence-corrected chi connectivity index (χ1v) is 4.39. The summed E-state index contributed by atoms with van der Waals surface area (Å²) in [5.41, 5.74) is 0.772. The van der Waals surface area contributed by atoms with Gasteiger partial charge in [0.25, 0.3) is 0 Å². The summed E-state index contributed by atoms with van der Waals surface area (Å²) < 4.78 is 39.1. The number of aliphatic imine (C=N–C) groups is 1. The van der Waals surface area contributed by atoms with Crippen molar-refractivity contribution in [3.8, 4) is 5.75 Å². The van der Waals surface area contributed by atoms with Gasteiger partial charge in [0.15, 0.2) is 0 Å². The van der Waals surface area contributed by atoms with Crippen molar-refractivity contribution in [3.05, 3.63) is 29.8 Å². The van der Waals surface area contributed by atoms with Crippen molar-refractivity contribution in [2.75, 3.05) is 6.54 Å². The molecule has 0 spiro atoms. The molecule has 0 heterocycles. The van der Waals surface area contributed by atoms with Crippen LogP contribution in [-0.2, 0) is 11.2 Å². The van der Waals surface area contributed by atoms with E-state index in [0.29, 0.717) is 6.42 Å². The fraction of sp³-hybridized carbons (Fsp3) is 0.300. The molecule has 86 valence electrons. The molecule has 1 aromatic rings. The van der Waals surface area contributed by atoms with Gasteiger partial charge in [-0.2, -0.15) is 0 Å². The number of alkyl halides is 3. The zero-order valence-electron chi connectivity index (χ0n) is 8.12. The number of isocyanates is 1. The quantitative estimate of drug-likeness (QED) is 0.589. The molecule has 0 aliphatic carbocycles. The van der Waals surface area contributed by atoms with Crippen LogP contribution in [0.3, 0.4) is 0 Å². The standard InChI is InChI=1S/C10H8F3NO2/c11-10(12,13)16-9-3-1-8(2-4-9)5-6-14-7-15/h1-4H,5-6H2. The van der Waals surface area contributed by atoms with Gasteiger partial charge >= 0.3 is 6.36 Å². The normalized spacial score (nSPS) is 10.7. The summed E-state index contributed by atoms with van der Waals surface area (Å²) in [7, 11) is 0. The molecule has 0 aromatic heterocycles. The SMILES string of the molecule is O=C=NCCc1ccc(OC(F)(F)F)cc1. The first-order chi connectivity index (χ1) is 7.51. The molecular formula is C10H8F3NO2. The predicted molar refractivity (Wildman–Crippen MR) is 49.8 cm³/mol. The topological polar surface area (TPSA) is 38.7 Å². The van der Waals surface area contributed by atoms with Crippen LogP contribution < -0.4 is 4.74 Å². The fourth-order valence-electron chi connectivity index (χ4n) is 1.09. The van der Waals surface area contributed by atoms with E-state index < -0.39 is 6.36 Å². The van der Waals surface area contributed by atoms with Crippen molar-refractivity contribution in [2.45, 2.75) is 12.8 Å². The number of carbonyl (C=O) groups excluding carboxylic acids is 1. The molecule has 0 amide bonds. The summed E-state index contributed by atoms with van der Waals surface area (Å²) >= 11 is 0. The highest BCUT2D eigenvalue weighted by molar-refractivity contribution is 5.33. The van der Waals surface area contributed by atoms with Crippen molar-refractivity contribution in [3.63, 3.8) is 0 Å². The molecule has 0 saturated carbocycles. The minimum absolute atomic E-state index is 0.267. The van der Waals surface area contributed by atoms with Crippen molar-refractivity contribution in [1.29, 1.82) is 0 Å². The van der Waals surface area contributed by atoms with E-state index in [4.69, 9.17) is 0 Å². The monoisotopic (exact) mass is 231 g/mol. The smallest absolute Gasteiger partial charge is 0.406 e. The van der Waals surface area contributed by atoms with E-state index in [-0.39, 0.29) is 12.3 Å². The first-order valence-electron chi connectivity index (χ1n) is 4.39. The van der Waals surface area contributed by atoms with Crippen LogP contribution in [-0.4, -0.2) is 19.0 Å². The summed E-state index contributed by atoms with van der Waals surface area (Å²) in [4.78, 5) is 13.1. The second-order valence-electron chi connectivity index (χ2n) is 2.91. The van der Waals surface area contributed by atoms with Gasteiger partial charge in [-0.05, 0) is 24.1 Å². The summed E-state index contributed by atoms with van der Waals surface area (Å²) in [6.45, 7) is 0.267. The molecule has 0 unspecified atom stereocenters. The van der Waals surface area contributed by atoms with Gasteiger partial charge in [0.2, 0.25) is 6.08 Å². The molecule has 1 aromatic carbocycles. The second-order valence-corrected chi connectivity index (χ2v) is 2.91. The molecule has 0 radical (unpaired) electrons. The molecule has 0 saturated heterocycles. The number of hydrogen-bond acceptors (Lipinski definition) is 3. The van der Waals surface area contributed by atoms with Gasteiger partial charge in [-0.1, -0.05) is 12.1 Å². The average molecular weight is 231 g/mol. The average Bonchev–Trinajstić information content (AvgIpc) is 2.19. The van der Waals surface area contributed by atoms with E-state index in [9.17, 15) is 18.0 Å². The van der Waals surface area contributed by atoms with Crippen LogP contribution >= 0.6 is 0 Å². The Kier molecular flexibility index (Phi) is 4.08. The van der Waals surface area contributed by atoms with Gasteiger partial charge in [-0.25, -0.2) is 9.79 Å². The number of benzene rings is 1. The van der Waals surface area contributed by atoms with Crippen LogP contribution in [0.25, 0.3) is 0 Å². The van der Waals surface area contributed by atoms with Gasteiger partial charge in [-0.15, -0.1) is 13.2 Å². The second kappa shape index (κ2) is 5.32. The molecule has 0 N–H and O–H groups in total. The van der Waals surface area contributed by atoms with Crippen LogP contribution in [0.15, 0.2) is 29.3 Å². The van der Waals surface area contributed by atoms with Crippen LogP contribution in [0.2, 0.25) is 0 Å². The maximum absolute atomic E-state index is 11.8. The lowest BCUT2D eigenvalue weighted by molar-refractivity contribution is -0.274. The van der Waals surface area contributed by atoms with Gasteiger partial charge in [-0.3, -0.25) is 0 Å². The Hall–Kier alpha value is -1.81. The van der Waals surface area contributed by atoms with E-state index in [1.165, 1.54) is 30.3 Å². The van der Waals surface area contributed by atoms with Crippen molar-refractivity contribution in [1.82, 2.24) is 0 Å². The molecule has 0 fully saturated rings. The van der Waals surface area contributed by atoms with Crippen molar-refractivity contribution >= 4 is 6.08 Å². The number of halogens is 3. The van der Waals surface area contributed by atoms with Gasteiger partial charge in [0.1, 0.15) is 5.75 Å². The van der Waals surface area contributed by atoms with Gasteiger partial charge in [0.05, 0.1) is 6.54 Å². The largest absolute Gasteiger partial charge is 0.573 e. The molecular weight excluding hydrogens is 223 g/mol. The van der Waals surface area contributed by atoms with Gasteiger partial charge in [0, 0.05) is 0 Å². The van der Waals surface area contributed by atoms with Crippen molar-refractivity contribution < 1.29 is 22.7 Å². The maximum atomic E-state index is 11.8. The third-order valence-corrected chi connectivity index (χ3v) is 1.73. The molecule has 0 aliphatic heterocycles. The third-order valence-electron chi connectivity index (χ3n) is 1.73. The summed E-state index contributed by atoms with van der Waals surface area (Å²) in [6, 6.07) is 5.41. The highest BCUT2D eigenvalue weighted by Crippen LogP contribution is 2.22. The molecule has 3 nitrogen and oxygen atoms in total. The minimum Gasteiger partial charge on any atom is -0.406 e. The molecule has 6 heteroatoms. The molecule has 1 rings (SSSR count). The molecule has 0 atom stereocenters. The van der Waals surface area contributed by atoms with Crippen LogP contribution in [0.5, 0.6) is 5.75 Å². The number of nitrogens with zero attached hydrogens (tertiary/aromatic N) is 1. The zero-order chi connectivity index (χ0) is 12.0. The Morgan fingerprint density at radius 3 is 2.38 bits per heavy atom. The summed E-state index contributed by atoms with van der Waals surface area (Å²) in [5, 5.41) is 0.